The summed E-state index contributed by atoms with van der Waals surface area (Å²) in [6.45, 7) is 7.81. The Hall–Kier alpha value is -0.660. The molecule has 1 aliphatic carbocycles. The van der Waals surface area contributed by atoms with Crippen molar-refractivity contribution < 1.29 is 4.74 Å². The minimum atomic E-state index is -0.133. The van der Waals surface area contributed by atoms with Gasteiger partial charge < -0.3 is 10.5 Å². The summed E-state index contributed by atoms with van der Waals surface area (Å²) in [6, 6.07) is 0. The molecule has 0 unspecified atom stereocenters. The first-order chi connectivity index (χ1) is 6.02. The molecule has 0 aromatic heterocycles. The molecule has 2 nitrogen and oxygen atoms in total. The van der Waals surface area contributed by atoms with Crippen LogP contribution in [0.2, 0.25) is 0 Å². The zero-order valence-electron chi connectivity index (χ0n) is 8.81. The van der Waals surface area contributed by atoms with Crippen LogP contribution in [0.3, 0.4) is 0 Å². The van der Waals surface area contributed by atoms with E-state index < -0.39 is 0 Å². The fourth-order valence-electron chi connectivity index (χ4n) is 2.22. The second kappa shape index (κ2) is 4.03. The highest BCUT2D eigenvalue weighted by molar-refractivity contribution is 4.87. The van der Waals surface area contributed by atoms with E-state index in [1.807, 2.05) is 0 Å². The zero-order chi connectivity index (χ0) is 9.90. The first-order valence-electron chi connectivity index (χ1n) is 5.16. The smallest absolute Gasteiger partial charge is 0.177 e. The minimum absolute atomic E-state index is 0.133. The lowest BCUT2D eigenvalue weighted by Gasteiger charge is -2.37. The van der Waals surface area contributed by atoms with Crippen molar-refractivity contribution in [1.82, 2.24) is 0 Å². The molecule has 13 heavy (non-hydrogen) atoms. The lowest BCUT2D eigenvalue weighted by Crippen LogP contribution is -2.36. The van der Waals surface area contributed by atoms with Crippen LogP contribution >= 0.6 is 0 Å². The van der Waals surface area contributed by atoms with Crippen LogP contribution in [0, 0.1) is 5.92 Å². The van der Waals surface area contributed by atoms with Crippen LogP contribution < -0.4 is 5.73 Å². The third kappa shape index (κ3) is 2.94. The average Bonchev–Trinajstić information content (AvgIpc) is 2.04. The summed E-state index contributed by atoms with van der Waals surface area (Å²) in [5, 5.41) is 0. The SMILES string of the molecule is C=C(N)OC(C)(C)C1CCCCC1. The van der Waals surface area contributed by atoms with Gasteiger partial charge in [0.2, 0.25) is 0 Å². The maximum atomic E-state index is 5.56. The predicted octanol–water partition coefficient (Wildman–Crippen LogP) is 2.79. The van der Waals surface area contributed by atoms with Crippen molar-refractivity contribution >= 4 is 0 Å². The highest BCUT2D eigenvalue weighted by Crippen LogP contribution is 2.35. The number of ether oxygens (including phenoxy) is 1. The molecule has 0 saturated heterocycles. The van der Waals surface area contributed by atoms with Crippen LogP contribution in [0.1, 0.15) is 46.0 Å². The lowest BCUT2D eigenvalue weighted by molar-refractivity contribution is -0.0305. The Morgan fingerprint density at radius 1 is 1.31 bits per heavy atom. The monoisotopic (exact) mass is 183 g/mol. The Labute approximate surface area is 81.1 Å². The quantitative estimate of drug-likeness (QED) is 0.683. The first kappa shape index (κ1) is 10.4. The molecule has 1 fully saturated rings. The summed E-state index contributed by atoms with van der Waals surface area (Å²) in [6.07, 6.45) is 6.56. The van der Waals surface area contributed by atoms with Gasteiger partial charge in [0, 0.05) is 0 Å². The molecule has 0 aromatic rings. The van der Waals surface area contributed by atoms with Crippen LogP contribution in [-0.4, -0.2) is 5.60 Å². The largest absolute Gasteiger partial charge is 0.474 e. The summed E-state index contributed by atoms with van der Waals surface area (Å²) in [5.74, 6) is 0.983. The van der Waals surface area contributed by atoms with Crippen molar-refractivity contribution in [2.75, 3.05) is 0 Å². The molecule has 0 radical (unpaired) electrons. The molecule has 0 amide bonds. The Bertz CT molecular complexity index is 181. The molecule has 0 aliphatic heterocycles. The van der Waals surface area contributed by atoms with Crippen molar-refractivity contribution in [2.24, 2.45) is 11.7 Å². The van der Waals surface area contributed by atoms with E-state index in [-0.39, 0.29) is 5.60 Å². The van der Waals surface area contributed by atoms with Crippen LogP contribution in [-0.2, 0) is 4.74 Å². The Morgan fingerprint density at radius 3 is 2.31 bits per heavy atom. The van der Waals surface area contributed by atoms with Crippen LogP contribution in [0.15, 0.2) is 12.5 Å². The second-order valence-electron chi connectivity index (χ2n) is 4.51. The summed E-state index contributed by atoms with van der Waals surface area (Å²) >= 11 is 0. The lowest BCUT2D eigenvalue weighted by atomic mass is 9.79. The Balaban J connectivity index is 2.50. The third-order valence-electron chi connectivity index (χ3n) is 2.98. The molecule has 2 N–H and O–H groups in total. The molecule has 0 spiro atoms. The van der Waals surface area contributed by atoms with Crippen molar-refractivity contribution in [2.45, 2.75) is 51.6 Å². The highest BCUT2D eigenvalue weighted by Gasteiger charge is 2.32. The molecular weight excluding hydrogens is 162 g/mol. The predicted molar refractivity (Wildman–Crippen MR) is 55.1 cm³/mol. The van der Waals surface area contributed by atoms with E-state index in [1.165, 1.54) is 32.1 Å². The molecule has 0 atom stereocenters. The molecule has 0 heterocycles. The summed E-state index contributed by atoms with van der Waals surface area (Å²) in [7, 11) is 0. The Kier molecular flexibility index (Phi) is 3.23. The number of rotatable bonds is 3. The van der Waals surface area contributed by atoms with E-state index in [2.05, 4.69) is 20.4 Å². The molecule has 0 bridgehead atoms. The van der Waals surface area contributed by atoms with E-state index in [0.717, 1.165) is 0 Å². The van der Waals surface area contributed by atoms with Gasteiger partial charge in [0.15, 0.2) is 5.88 Å². The summed E-state index contributed by atoms with van der Waals surface area (Å²) in [4.78, 5) is 0. The van der Waals surface area contributed by atoms with Gasteiger partial charge in [-0.25, -0.2) is 0 Å². The maximum Gasteiger partial charge on any atom is 0.177 e. The molecule has 1 saturated carbocycles. The van der Waals surface area contributed by atoms with E-state index >= 15 is 0 Å². The molecule has 1 aliphatic rings. The fraction of sp³-hybridized carbons (Fsp3) is 0.818. The van der Waals surface area contributed by atoms with Crippen LogP contribution in [0.4, 0.5) is 0 Å². The van der Waals surface area contributed by atoms with Crippen molar-refractivity contribution in [3.8, 4) is 0 Å². The van der Waals surface area contributed by atoms with Gasteiger partial charge in [0.1, 0.15) is 5.60 Å². The third-order valence-corrected chi connectivity index (χ3v) is 2.98. The van der Waals surface area contributed by atoms with E-state index in [0.29, 0.717) is 11.8 Å². The highest BCUT2D eigenvalue weighted by atomic mass is 16.5. The van der Waals surface area contributed by atoms with E-state index in [1.54, 1.807) is 0 Å². The number of nitrogens with two attached hydrogens (primary N) is 1. The van der Waals surface area contributed by atoms with Crippen molar-refractivity contribution in [3.05, 3.63) is 12.5 Å². The standard InChI is InChI=1S/C11H21NO/c1-9(12)13-11(2,3)10-7-5-4-6-8-10/h10H,1,4-8,12H2,2-3H3. The zero-order valence-corrected chi connectivity index (χ0v) is 8.81. The van der Waals surface area contributed by atoms with Crippen molar-refractivity contribution in [3.63, 3.8) is 0 Å². The second-order valence-corrected chi connectivity index (χ2v) is 4.51. The minimum Gasteiger partial charge on any atom is -0.474 e. The summed E-state index contributed by atoms with van der Waals surface area (Å²) in [5.41, 5.74) is 5.34. The first-order valence-corrected chi connectivity index (χ1v) is 5.16. The van der Waals surface area contributed by atoms with Gasteiger partial charge in [0.05, 0.1) is 0 Å². The summed E-state index contributed by atoms with van der Waals surface area (Å²) < 4.78 is 5.56. The van der Waals surface area contributed by atoms with Gasteiger partial charge in [-0.05, 0) is 39.2 Å². The van der Waals surface area contributed by atoms with Crippen molar-refractivity contribution in [1.29, 1.82) is 0 Å². The van der Waals surface area contributed by atoms with Gasteiger partial charge in [-0.15, -0.1) is 0 Å². The van der Waals surface area contributed by atoms with Gasteiger partial charge in [-0.2, -0.15) is 0 Å². The van der Waals surface area contributed by atoms with Gasteiger partial charge in [-0.3, -0.25) is 0 Å². The van der Waals surface area contributed by atoms with Crippen LogP contribution in [0.25, 0.3) is 0 Å². The number of hydrogen-bond acceptors (Lipinski definition) is 2. The van der Waals surface area contributed by atoms with Crippen LogP contribution in [0.5, 0.6) is 0 Å². The molecule has 2 heteroatoms. The maximum absolute atomic E-state index is 5.56. The molecular formula is C11H21NO. The molecule has 0 aromatic carbocycles. The average molecular weight is 183 g/mol. The van der Waals surface area contributed by atoms with E-state index in [9.17, 15) is 0 Å². The normalized spacial score (nSPS) is 19.8. The number of hydrogen-bond donors (Lipinski definition) is 1. The molecule has 76 valence electrons. The van der Waals surface area contributed by atoms with Gasteiger partial charge >= 0.3 is 0 Å². The van der Waals surface area contributed by atoms with Gasteiger partial charge in [-0.1, -0.05) is 19.3 Å². The van der Waals surface area contributed by atoms with Gasteiger partial charge in [0.25, 0.3) is 0 Å². The topological polar surface area (TPSA) is 35.2 Å². The fourth-order valence-corrected chi connectivity index (χ4v) is 2.22. The molecule has 1 rings (SSSR count). The Morgan fingerprint density at radius 2 is 1.85 bits per heavy atom. The van der Waals surface area contributed by atoms with E-state index in [4.69, 9.17) is 10.5 Å².